The Hall–Kier alpha value is -4.08. The van der Waals surface area contributed by atoms with Crippen molar-refractivity contribution in [3.63, 3.8) is 0 Å². The van der Waals surface area contributed by atoms with Gasteiger partial charge in [0, 0.05) is 42.6 Å². The zero-order chi connectivity index (χ0) is 29.5. The van der Waals surface area contributed by atoms with Gasteiger partial charge in [-0.2, -0.15) is 13.2 Å². The van der Waals surface area contributed by atoms with Crippen molar-refractivity contribution >= 4 is 29.2 Å². The molecule has 12 nitrogen and oxygen atoms in total. The number of alkyl halides is 3. The molecule has 40 heavy (non-hydrogen) atoms. The van der Waals surface area contributed by atoms with E-state index in [1.165, 1.54) is 31.3 Å². The van der Waals surface area contributed by atoms with Crippen LogP contribution in [0.2, 0.25) is 0 Å². The number of nitrogens with one attached hydrogen (secondary N) is 3. The van der Waals surface area contributed by atoms with E-state index in [1.807, 2.05) is 0 Å². The van der Waals surface area contributed by atoms with Crippen LogP contribution >= 0.6 is 0 Å². The zero-order valence-corrected chi connectivity index (χ0v) is 22.2. The molecule has 220 valence electrons. The number of hydrogen-bond donors (Lipinski definition) is 5. The fraction of sp³-hybridized carbons (Fsp3) is 0.400. The van der Waals surface area contributed by atoms with Gasteiger partial charge in [-0.05, 0) is 49.4 Å². The maximum absolute atomic E-state index is 12.9. The van der Waals surface area contributed by atoms with Crippen LogP contribution in [-0.4, -0.2) is 76.1 Å². The van der Waals surface area contributed by atoms with E-state index in [-0.39, 0.29) is 24.6 Å². The minimum Gasteiger partial charge on any atom is -0.450 e. The van der Waals surface area contributed by atoms with Crippen molar-refractivity contribution in [3.05, 3.63) is 59.2 Å². The number of hydrazine groups is 1. The third kappa shape index (κ3) is 11.3. The zero-order valence-electron chi connectivity index (χ0n) is 22.2. The molecular formula is C25H34F3N7O5. The second-order valence-corrected chi connectivity index (χ2v) is 8.15. The van der Waals surface area contributed by atoms with Gasteiger partial charge in [-0.15, -0.1) is 5.10 Å². The van der Waals surface area contributed by atoms with Crippen molar-refractivity contribution < 1.29 is 37.0 Å². The summed E-state index contributed by atoms with van der Waals surface area (Å²) in [5, 5.41) is 13.2. The lowest BCUT2D eigenvalue weighted by molar-refractivity contribution is -0.137. The number of hydrazone groups is 1. The van der Waals surface area contributed by atoms with E-state index in [1.54, 1.807) is 13.0 Å². The number of ether oxygens (including phenoxy) is 3. The number of alkyl carbamates (subject to hydrolysis) is 1. The number of nitrogens with zero attached hydrogens (tertiary/aromatic N) is 2. The van der Waals surface area contributed by atoms with Gasteiger partial charge >= 0.3 is 12.3 Å². The Morgan fingerprint density at radius 1 is 0.975 bits per heavy atom. The molecule has 0 fully saturated rings. The van der Waals surface area contributed by atoms with Gasteiger partial charge in [0.25, 0.3) is 5.91 Å². The molecule has 0 aliphatic carbocycles. The first-order valence-corrected chi connectivity index (χ1v) is 12.3. The number of rotatable bonds is 15. The van der Waals surface area contributed by atoms with Gasteiger partial charge in [0.05, 0.1) is 38.6 Å². The number of hydrogen-bond acceptors (Lipinski definition) is 9. The Bertz CT molecular complexity index is 1130. The maximum Gasteiger partial charge on any atom is 0.416 e. The first kappa shape index (κ1) is 32.1. The quantitative estimate of drug-likeness (QED) is 0.0712. The number of halogens is 3. The van der Waals surface area contributed by atoms with Crippen LogP contribution in [0.25, 0.3) is 0 Å². The Morgan fingerprint density at radius 3 is 2.17 bits per heavy atom. The SMILES string of the molecule is CCOC(=O)NCCOCCOCCNC(=O)c1ccc(Nc2ccc(C(F)(F)F)cc2)c(/C(N)=N/N(C)N)c1. The van der Waals surface area contributed by atoms with Crippen LogP contribution < -0.4 is 27.5 Å². The Balaban J connectivity index is 1.90. The van der Waals surface area contributed by atoms with E-state index in [0.29, 0.717) is 49.9 Å². The molecule has 0 unspecified atom stereocenters. The van der Waals surface area contributed by atoms with E-state index in [2.05, 4.69) is 21.1 Å². The van der Waals surface area contributed by atoms with E-state index in [9.17, 15) is 22.8 Å². The fourth-order valence-corrected chi connectivity index (χ4v) is 3.20. The average molecular weight is 570 g/mol. The monoisotopic (exact) mass is 569 g/mol. The van der Waals surface area contributed by atoms with Gasteiger partial charge in [-0.25, -0.2) is 15.8 Å². The van der Waals surface area contributed by atoms with Gasteiger partial charge in [-0.1, -0.05) is 0 Å². The summed E-state index contributed by atoms with van der Waals surface area (Å²) in [5.74, 6) is 5.15. The van der Waals surface area contributed by atoms with Gasteiger partial charge in [0.15, 0.2) is 5.84 Å². The highest BCUT2D eigenvalue weighted by atomic mass is 19.4. The molecule has 0 heterocycles. The third-order valence-corrected chi connectivity index (χ3v) is 5.01. The van der Waals surface area contributed by atoms with E-state index < -0.39 is 23.7 Å². The number of benzene rings is 2. The molecule has 0 aliphatic heterocycles. The molecule has 7 N–H and O–H groups in total. The van der Waals surface area contributed by atoms with Crippen LogP contribution in [0.5, 0.6) is 0 Å². The summed E-state index contributed by atoms with van der Waals surface area (Å²) in [6.07, 6.45) is -4.96. The highest BCUT2D eigenvalue weighted by Gasteiger charge is 2.30. The minimum atomic E-state index is -4.45. The summed E-state index contributed by atoms with van der Waals surface area (Å²) >= 11 is 0. The predicted octanol–water partition coefficient (Wildman–Crippen LogP) is 2.38. The van der Waals surface area contributed by atoms with E-state index in [4.69, 9.17) is 25.8 Å². The van der Waals surface area contributed by atoms with Crippen molar-refractivity contribution in [1.29, 1.82) is 0 Å². The lowest BCUT2D eigenvalue weighted by Crippen LogP contribution is -2.29. The van der Waals surface area contributed by atoms with Gasteiger partial charge < -0.3 is 35.9 Å². The smallest absolute Gasteiger partial charge is 0.416 e. The fourth-order valence-electron chi connectivity index (χ4n) is 3.20. The molecule has 0 aliphatic rings. The van der Waals surface area contributed by atoms with Gasteiger partial charge in [0.1, 0.15) is 0 Å². The maximum atomic E-state index is 12.9. The van der Waals surface area contributed by atoms with Crippen LogP contribution in [0.1, 0.15) is 28.4 Å². The Kier molecular flexibility index (Phi) is 13.0. The molecule has 2 aromatic rings. The largest absolute Gasteiger partial charge is 0.450 e. The summed E-state index contributed by atoms with van der Waals surface area (Å²) in [6, 6.07) is 9.04. The standard InChI is InChI=1S/C25H34F3N7O5/c1-3-40-24(37)32-11-13-39-15-14-38-12-10-31-23(36)17-4-9-21(20(16-17)22(29)34-35(2)30)33-19-7-5-18(6-8-19)25(26,27)28/h4-9,16,33H,3,10-15,30H2,1-2H3,(H2,29,34)(H,31,36)(H,32,37). The third-order valence-electron chi connectivity index (χ3n) is 5.01. The molecule has 0 radical (unpaired) electrons. The van der Waals surface area contributed by atoms with Crippen molar-refractivity contribution in [2.75, 3.05) is 58.5 Å². The predicted molar refractivity (Wildman–Crippen MR) is 143 cm³/mol. The first-order valence-electron chi connectivity index (χ1n) is 12.3. The van der Waals surface area contributed by atoms with Crippen LogP contribution in [0.15, 0.2) is 47.6 Å². The van der Waals surface area contributed by atoms with Crippen LogP contribution in [0, 0.1) is 0 Å². The molecule has 0 atom stereocenters. The molecule has 0 saturated heterocycles. The Labute approximate surface area is 229 Å². The van der Waals surface area contributed by atoms with Crippen molar-refractivity contribution in [2.24, 2.45) is 16.7 Å². The molecular weight excluding hydrogens is 535 g/mol. The number of nitrogens with two attached hydrogens (primary N) is 2. The second kappa shape index (κ2) is 16.1. The number of amidine groups is 1. The highest BCUT2D eigenvalue weighted by Crippen LogP contribution is 2.31. The topological polar surface area (TPSA) is 166 Å². The molecule has 0 aromatic heterocycles. The minimum absolute atomic E-state index is 0.0187. The van der Waals surface area contributed by atoms with Gasteiger partial charge in [-0.3, -0.25) is 4.79 Å². The molecule has 2 rings (SSSR count). The molecule has 2 amide bonds. The summed E-state index contributed by atoms with van der Waals surface area (Å²) in [4.78, 5) is 23.8. The normalized spacial score (nSPS) is 11.6. The molecule has 0 saturated carbocycles. The number of anilines is 2. The van der Waals surface area contributed by atoms with Crippen molar-refractivity contribution in [1.82, 2.24) is 15.8 Å². The van der Waals surface area contributed by atoms with Gasteiger partial charge in [0.2, 0.25) is 0 Å². The highest BCUT2D eigenvalue weighted by molar-refractivity contribution is 6.05. The molecule has 0 bridgehead atoms. The van der Waals surface area contributed by atoms with E-state index >= 15 is 0 Å². The van der Waals surface area contributed by atoms with Crippen molar-refractivity contribution in [2.45, 2.75) is 13.1 Å². The van der Waals surface area contributed by atoms with Crippen LogP contribution in [0.3, 0.4) is 0 Å². The van der Waals surface area contributed by atoms with Crippen molar-refractivity contribution in [3.8, 4) is 0 Å². The summed E-state index contributed by atoms with van der Waals surface area (Å²) in [6.45, 7) is 3.68. The number of amides is 2. The second-order valence-electron chi connectivity index (χ2n) is 8.15. The average Bonchev–Trinajstić information content (AvgIpc) is 2.89. The summed E-state index contributed by atoms with van der Waals surface area (Å²) in [5.41, 5.74) is 6.65. The molecule has 0 spiro atoms. The molecule has 15 heteroatoms. The van der Waals surface area contributed by atoms with Crippen LogP contribution in [0.4, 0.5) is 29.3 Å². The first-order chi connectivity index (χ1) is 19.0. The Morgan fingerprint density at radius 2 is 1.60 bits per heavy atom. The molecule has 2 aromatic carbocycles. The van der Waals surface area contributed by atoms with Crippen LogP contribution in [-0.2, 0) is 20.4 Å². The number of carbonyl (C=O) groups is 2. The van der Waals surface area contributed by atoms with E-state index in [0.717, 1.165) is 17.3 Å². The lowest BCUT2D eigenvalue weighted by atomic mass is 10.1. The summed E-state index contributed by atoms with van der Waals surface area (Å²) in [7, 11) is 1.46. The lowest BCUT2D eigenvalue weighted by Gasteiger charge is -2.15. The summed E-state index contributed by atoms with van der Waals surface area (Å²) < 4.78 is 54.1. The number of carbonyl (C=O) groups excluding carboxylic acids is 2.